The fourth-order valence-corrected chi connectivity index (χ4v) is 6.36. The van der Waals surface area contributed by atoms with Crippen LogP contribution in [-0.2, 0) is 22.8 Å². The van der Waals surface area contributed by atoms with Gasteiger partial charge in [-0.1, -0.05) is 0 Å². The molecule has 4 heterocycles. The summed E-state index contributed by atoms with van der Waals surface area (Å²) in [7, 11) is 1.62. The number of aryl methyl sites for hydroxylation is 1. The van der Waals surface area contributed by atoms with Crippen molar-refractivity contribution in [3.63, 3.8) is 0 Å². The Morgan fingerprint density at radius 3 is 1.65 bits per heavy atom. The number of aliphatic hydroxyl groups is 2. The molecule has 2 amide bonds. The minimum absolute atomic E-state index is 0.0224. The Balaban J connectivity index is 0.960. The van der Waals surface area contributed by atoms with Gasteiger partial charge in [0, 0.05) is 76.0 Å². The van der Waals surface area contributed by atoms with Gasteiger partial charge < -0.3 is 46.0 Å². The molecule has 2 saturated heterocycles. The second kappa shape index (κ2) is 14.0. The van der Waals surface area contributed by atoms with Crippen LogP contribution in [0.1, 0.15) is 36.0 Å². The highest BCUT2D eigenvalue weighted by Crippen LogP contribution is 2.29. The quantitative estimate of drug-likeness (QED) is 0.200. The number of methoxy groups -OCH3 is 1. The number of nitrogens with two attached hydrogens (primary N) is 2. The maximum absolute atomic E-state index is 13.0. The summed E-state index contributed by atoms with van der Waals surface area (Å²) in [4.78, 5) is 52.0. The van der Waals surface area contributed by atoms with E-state index < -0.39 is 0 Å². The Labute approximate surface area is 278 Å². The van der Waals surface area contributed by atoms with E-state index in [1.165, 1.54) is 0 Å². The molecule has 254 valence electrons. The number of benzene rings is 2. The number of amides is 2. The molecule has 4 aromatic rings. The van der Waals surface area contributed by atoms with Crippen molar-refractivity contribution in [3.8, 4) is 5.75 Å². The molecule has 15 heteroatoms. The van der Waals surface area contributed by atoms with Gasteiger partial charge in [-0.3, -0.25) is 9.59 Å². The molecule has 6 N–H and O–H groups in total. The smallest absolute Gasteiger partial charge is 0.228 e. The van der Waals surface area contributed by atoms with Crippen molar-refractivity contribution in [2.75, 3.05) is 80.7 Å². The average molecular weight is 659 g/mol. The van der Waals surface area contributed by atoms with Gasteiger partial charge in [-0.25, -0.2) is 9.97 Å². The van der Waals surface area contributed by atoms with Crippen molar-refractivity contribution in [3.05, 3.63) is 41.0 Å². The van der Waals surface area contributed by atoms with E-state index in [-0.39, 0.29) is 25.0 Å². The van der Waals surface area contributed by atoms with Gasteiger partial charge in [0.25, 0.3) is 0 Å². The zero-order valence-electron chi connectivity index (χ0n) is 27.4. The van der Waals surface area contributed by atoms with E-state index in [9.17, 15) is 19.8 Å². The number of piperazine rings is 2. The van der Waals surface area contributed by atoms with Crippen molar-refractivity contribution in [1.82, 2.24) is 29.7 Å². The van der Waals surface area contributed by atoms with Gasteiger partial charge in [0.2, 0.25) is 23.7 Å². The van der Waals surface area contributed by atoms with Crippen molar-refractivity contribution in [2.45, 2.75) is 39.4 Å². The molecular weight excluding hydrogens is 616 g/mol. The maximum atomic E-state index is 13.0. The summed E-state index contributed by atoms with van der Waals surface area (Å²) in [6, 6.07) is 7.22. The lowest BCUT2D eigenvalue weighted by atomic mass is 10.1. The van der Waals surface area contributed by atoms with E-state index in [0.717, 1.165) is 22.2 Å². The second-order valence-electron chi connectivity index (χ2n) is 12.2. The number of nitrogens with zero attached hydrogens (tertiary/aromatic N) is 8. The van der Waals surface area contributed by atoms with Gasteiger partial charge in [0.15, 0.2) is 0 Å². The van der Waals surface area contributed by atoms with Gasteiger partial charge >= 0.3 is 0 Å². The highest BCUT2D eigenvalue weighted by atomic mass is 16.5. The van der Waals surface area contributed by atoms with Crippen LogP contribution in [0.3, 0.4) is 0 Å². The van der Waals surface area contributed by atoms with E-state index in [1.807, 2.05) is 38.7 Å². The first-order chi connectivity index (χ1) is 23.2. The van der Waals surface area contributed by atoms with Gasteiger partial charge in [0.1, 0.15) is 17.4 Å². The zero-order valence-corrected chi connectivity index (χ0v) is 27.4. The number of rotatable bonds is 9. The topological polar surface area (TPSA) is 200 Å². The molecule has 15 nitrogen and oxygen atoms in total. The number of carbonyl (C=O) groups is 2. The number of hydrogen-bond donors (Lipinski definition) is 4. The predicted molar refractivity (Wildman–Crippen MR) is 182 cm³/mol. The van der Waals surface area contributed by atoms with Gasteiger partial charge in [-0.2, -0.15) is 9.97 Å². The van der Waals surface area contributed by atoms with E-state index in [4.69, 9.17) is 21.2 Å². The molecule has 0 aliphatic carbocycles. The van der Waals surface area contributed by atoms with Crippen LogP contribution < -0.4 is 26.0 Å². The molecule has 0 atom stereocenters. The van der Waals surface area contributed by atoms with Crippen molar-refractivity contribution < 1.29 is 24.5 Å². The minimum Gasteiger partial charge on any atom is -0.496 e. The Hall–Kier alpha value is -5.02. The van der Waals surface area contributed by atoms with Crippen molar-refractivity contribution >= 4 is 57.2 Å². The number of anilines is 4. The molecule has 0 bridgehead atoms. The third kappa shape index (κ3) is 6.69. The normalized spacial score (nSPS) is 15.4. The highest BCUT2D eigenvalue weighted by Gasteiger charge is 2.26. The average Bonchev–Trinajstić information content (AvgIpc) is 3.10. The number of fused-ring (bicyclic) bond motifs is 2. The number of aliphatic hydroxyl groups excluding tert-OH is 2. The summed E-state index contributed by atoms with van der Waals surface area (Å²) in [5.74, 6) is 2.49. The Morgan fingerprint density at radius 2 is 1.17 bits per heavy atom. The predicted octanol–water partition coefficient (Wildman–Crippen LogP) is 1.21. The van der Waals surface area contributed by atoms with Gasteiger partial charge in [-0.15, -0.1) is 0 Å². The number of aromatic nitrogens is 4. The standard InChI is InChI=1S/C33H42N10O5/c1-20-14-25-24(17-27(20)48-2)31(35)39-32(36-25)42-10-6-40(7-11-42)28(46)4-3-5-29(47)41-8-12-43(13-9-41)33-37-26-16-22(19-45)21(18-44)15-23(26)30(34)38-33/h14-17,44-45H,3-13,18-19H2,1-2H3,(H2,34,37,38)(H2,35,36,39). The third-order valence-corrected chi connectivity index (χ3v) is 9.22. The Morgan fingerprint density at radius 1 is 0.708 bits per heavy atom. The molecule has 0 saturated carbocycles. The lowest BCUT2D eigenvalue weighted by Crippen LogP contribution is -2.50. The fraction of sp³-hybridized carbons (Fsp3) is 0.455. The number of ether oxygens (including phenoxy) is 1. The number of carbonyl (C=O) groups excluding carboxylic acids is 2. The molecule has 0 unspecified atom stereocenters. The summed E-state index contributed by atoms with van der Waals surface area (Å²) in [5, 5.41) is 20.6. The summed E-state index contributed by atoms with van der Waals surface area (Å²) in [5.41, 5.74) is 16.0. The fourth-order valence-electron chi connectivity index (χ4n) is 6.36. The van der Waals surface area contributed by atoms with Crippen LogP contribution in [0.4, 0.5) is 23.5 Å². The summed E-state index contributed by atoms with van der Waals surface area (Å²) in [6.45, 7) is 5.90. The van der Waals surface area contributed by atoms with Gasteiger partial charge in [0.05, 0.1) is 31.4 Å². The number of nitrogen functional groups attached to an aromatic ring is 2. The molecule has 2 fully saturated rings. The Bertz CT molecular complexity index is 1840. The highest BCUT2D eigenvalue weighted by molar-refractivity contribution is 5.91. The Kier molecular flexibility index (Phi) is 9.59. The molecule has 2 aliphatic rings. The van der Waals surface area contributed by atoms with Crippen LogP contribution in [0.2, 0.25) is 0 Å². The number of hydrogen-bond acceptors (Lipinski definition) is 13. The molecule has 0 spiro atoms. The molecular formula is C33H42N10O5. The summed E-state index contributed by atoms with van der Waals surface area (Å²) >= 11 is 0. The molecule has 2 aromatic heterocycles. The molecule has 6 rings (SSSR count). The van der Waals surface area contributed by atoms with E-state index >= 15 is 0 Å². The molecule has 2 aliphatic heterocycles. The summed E-state index contributed by atoms with van der Waals surface area (Å²) < 4.78 is 5.40. The lowest BCUT2D eigenvalue weighted by molar-refractivity contribution is -0.133. The summed E-state index contributed by atoms with van der Waals surface area (Å²) in [6.07, 6.45) is 1.10. The molecule has 0 radical (unpaired) electrons. The monoisotopic (exact) mass is 658 g/mol. The first-order valence-corrected chi connectivity index (χ1v) is 16.2. The molecule has 2 aromatic carbocycles. The van der Waals surface area contributed by atoms with E-state index in [2.05, 4.69) is 15.0 Å². The lowest BCUT2D eigenvalue weighted by Gasteiger charge is -2.35. The maximum Gasteiger partial charge on any atom is 0.228 e. The van der Waals surface area contributed by atoms with Crippen molar-refractivity contribution in [1.29, 1.82) is 0 Å². The van der Waals surface area contributed by atoms with Crippen LogP contribution in [0.5, 0.6) is 5.75 Å². The first-order valence-electron chi connectivity index (χ1n) is 16.2. The van der Waals surface area contributed by atoms with Gasteiger partial charge in [-0.05, 0) is 54.3 Å². The third-order valence-electron chi connectivity index (χ3n) is 9.22. The SMILES string of the molecule is COc1cc2c(N)nc(N3CCN(C(=O)CCCC(=O)N4CCN(c5nc(N)c6cc(CO)c(CO)cc6n5)CC4)CC3)nc2cc1C. The van der Waals surface area contributed by atoms with Crippen LogP contribution >= 0.6 is 0 Å². The molecule has 48 heavy (non-hydrogen) atoms. The zero-order chi connectivity index (χ0) is 33.9. The van der Waals surface area contributed by atoms with E-state index in [1.54, 1.807) is 19.2 Å². The van der Waals surface area contributed by atoms with Crippen molar-refractivity contribution in [2.24, 2.45) is 0 Å². The second-order valence-corrected chi connectivity index (χ2v) is 12.2. The van der Waals surface area contributed by atoms with Crippen LogP contribution in [0, 0.1) is 6.92 Å². The van der Waals surface area contributed by atoms with Crippen LogP contribution in [0.15, 0.2) is 24.3 Å². The van der Waals surface area contributed by atoms with E-state index in [0.29, 0.717) is 117 Å². The largest absolute Gasteiger partial charge is 0.496 e. The first kappa shape index (κ1) is 32.9. The minimum atomic E-state index is -0.220. The van der Waals surface area contributed by atoms with Crippen LogP contribution in [0.25, 0.3) is 21.8 Å². The van der Waals surface area contributed by atoms with Crippen LogP contribution in [-0.4, -0.2) is 111 Å².